The molecule has 0 atom stereocenters. The Kier molecular flexibility index (Phi) is 3.55. The highest BCUT2D eigenvalue weighted by atomic mass is 15.2. The van der Waals surface area contributed by atoms with Crippen molar-refractivity contribution in [2.75, 3.05) is 11.9 Å². The fourth-order valence-electron chi connectivity index (χ4n) is 3.53. The molecule has 0 bridgehead atoms. The molecule has 3 rings (SSSR count). The zero-order chi connectivity index (χ0) is 16.9. The van der Waals surface area contributed by atoms with Crippen molar-refractivity contribution in [2.45, 2.75) is 40.0 Å². The normalized spacial score (nSPS) is 17.7. The summed E-state index contributed by atoms with van der Waals surface area (Å²) < 4.78 is 2.15. The van der Waals surface area contributed by atoms with Gasteiger partial charge in [0.2, 0.25) is 0 Å². The molecule has 0 amide bonds. The van der Waals surface area contributed by atoms with Gasteiger partial charge in [0.05, 0.1) is 13.1 Å². The van der Waals surface area contributed by atoms with E-state index in [0.717, 1.165) is 11.5 Å². The molecule has 23 heavy (non-hydrogen) atoms. The molecule has 1 aromatic carbocycles. The topological polar surface area (TPSA) is 20.0 Å². The van der Waals surface area contributed by atoms with E-state index in [4.69, 9.17) is 4.98 Å². The molecule has 0 unspecified atom stereocenters. The molecule has 2 heterocycles. The average molecular weight is 308 g/mol. The van der Waals surface area contributed by atoms with Crippen molar-refractivity contribution in [3.63, 3.8) is 0 Å². The zero-order valence-corrected chi connectivity index (χ0v) is 15.2. The van der Waals surface area contributed by atoms with Gasteiger partial charge >= 0.3 is 5.82 Å². The zero-order valence-electron chi connectivity index (χ0n) is 15.2. The second kappa shape index (κ2) is 5.19. The molecule has 0 N–H and O–H groups in total. The van der Waals surface area contributed by atoms with E-state index in [1.165, 1.54) is 28.2 Å². The number of benzene rings is 1. The van der Waals surface area contributed by atoms with E-state index in [-0.39, 0.29) is 5.41 Å². The van der Waals surface area contributed by atoms with Crippen molar-refractivity contribution in [1.29, 1.82) is 0 Å². The van der Waals surface area contributed by atoms with E-state index in [0.29, 0.717) is 0 Å². The molecular formula is C20H26N3+. The molecule has 0 saturated carbocycles. The van der Waals surface area contributed by atoms with Crippen LogP contribution in [0.4, 0.5) is 5.69 Å². The van der Waals surface area contributed by atoms with Crippen LogP contribution in [0.3, 0.4) is 0 Å². The Labute approximate surface area is 139 Å². The lowest BCUT2D eigenvalue weighted by molar-refractivity contribution is -0.682. The van der Waals surface area contributed by atoms with Crippen LogP contribution >= 0.6 is 0 Å². The van der Waals surface area contributed by atoms with Crippen LogP contribution in [0.25, 0.3) is 6.08 Å². The lowest BCUT2D eigenvalue weighted by atomic mass is 9.83. The molecule has 3 nitrogen and oxygen atoms in total. The second-order valence-electron chi connectivity index (χ2n) is 7.19. The van der Waals surface area contributed by atoms with Crippen LogP contribution in [0.2, 0.25) is 0 Å². The first-order valence-corrected chi connectivity index (χ1v) is 8.13. The lowest BCUT2D eigenvalue weighted by Gasteiger charge is -2.23. The van der Waals surface area contributed by atoms with Crippen LogP contribution in [0.5, 0.6) is 0 Å². The maximum Gasteiger partial charge on any atom is 0.324 e. The maximum atomic E-state index is 4.74. The highest BCUT2D eigenvalue weighted by Crippen LogP contribution is 2.47. The molecule has 0 aliphatic carbocycles. The number of aryl methyl sites for hydroxylation is 3. The smallest absolute Gasteiger partial charge is 0.324 e. The average Bonchev–Trinajstić information content (AvgIpc) is 2.65. The van der Waals surface area contributed by atoms with Crippen LogP contribution in [-0.4, -0.2) is 12.0 Å². The van der Waals surface area contributed by atoms with Gasteiger partial charge in [-0.25, -0.2) is 4.57 Å². The number of allylic oxidation sites excluding steroid dienone is 1. The number of rotatable bonds is 1. The van der Waals surface area contributed by atoms with Crippen molar-refractivity contribution in [1.82, 2.24) is 4.98 Å². The Morgan fingerprint density at radius 3 is 2.52 bits per heavy atom. The van der Waals surface area contributed by atoms with Gasteiger partial charge in [0, 0.05) is 36.8 Å². The number of fused-ring (bicyclic) bond motifs is 1. The van der Waals surface area contributed by atoms with E-state index in [1.54, 1.807) is 0 Å². The van der Waals surface area contributed by atoms with E-state index in [9.17, 15) is 0 Å². The van der Waals surface area contributed by atoms with Crippen molar-refractivity contribution >= 4 is 11.8 Å². The fourth-order valence-corrected chi connectivity index (χ4v) is 3.53. The molecule has 1 aliphatic heterocycles. The second-order valence-corrected chi connectivity index (χ2v) is 7.19. The summed E-state index contributed by atoms with van der Waals surface area (Å²) in [4.78, 5) is 7.04. The number of hydrogen-bond donors (Lipinski definition) is 0. The first-order chi connectivity index (χ1) is 10.7. The van der Waals surface area contributed by atoms with Gasteiger partial charge in [0.15, 0.2) is 5.69 Å². The third kappa shape index (κ3) is 2.44. The van der Waals surface area contributed by atoms with Crippen LogP contribution < -0.4 is 9.47 Å². The van der Waals surface area contributed by atoms with Crippen molar-refractivity contribution in [2.24, 2.45) is 7.05 Å². The Morgan fingerprint density at radius 2 is 1.83 bits per heavy atom. The summed E-state index contributed by atoms with van der Waals surface area (Å²) in [5, 5.41) is 0. The van der Waals surface area contributed by atoms with E-state index < -0.39 is 0 Å². The molecule has 120 valence electrons. The standard InChI is InChI=1S/C20H26N3/c1-13-8-9-17-16(10-13)20(4,5)18(23(17)7)12-19-21-14(2)11-15(3)22(19)6/h8-12H,1-7H3/q+1. The summed E-state index contributed by atoms with van der Waals surface area (Å²) in [5.74, 6) is 1.00. The molecule has 0 radical (unpaired) electrons. The molecule has 0 fully saturated rings. The van der Waals surface area contributed by atoms with E-state index in [1.807, 2.05) is 0 Å². The maximum absolute atomic E-state index is 4.74. The van der Waals surface area contributed by atoms with Gasteiger partial charge < -0.3 is 4.90 Å². The minimum absolute atomic E-state index is 0.0254. The predicted molar refractivity (Wildman–Crippen MR) is 95.5 cm³/mol. The summed E-state index contributed by atoms with van der Waals surface area (Å²) in [5.41, 5.74) is 7.52. The highest BCUT2D eigenvalue weighted by molar-refractivity contribution is 5.74. The molecular weight excluding hydrogens is 282 g/mol. The third-order valence-electron chi connectivity index (χ3n) is 5.04. The largest absolute Gasteiger partial charge is 0.347 e. The van der Waals surface area contributed by atoms with E-state index in [2.05, 4.69) is 88.5 Å². The Bertz CT molecular complexity index is 816. The van der Waals surface area contributed by atoms with Gasteiger partial charge in [0.25, 0.3) is 0 Å². The minimum atomic E-state index is -0.0254. The Hall–Kier alpha value is -2.16. The van der Waals surface area contributed by atoms with Crippen molar-refractivity contribution in [3.05, 3.63) is 58.3 Å². The number of nitrogens with zero attached hydrogens (tertiary/aromatic N) is 3. The minimum Gasteiger partial charge on any atom is -0.347 e. The van der Waals surface area contributed by atoms with Gasteiger partial charge in [-0.15, -0.1) is 0 Å². The number of anilines is 1. The Morgan fingerprint density at radius 1 is 1.13 bits per heavy atom. The lowest BCUT2D eigenvalue weighted by Crippen LogP contribution is -2.37. The number of hydrogen-bond acceptors (Lipinski definition) is 2. The van der Waals surface area contributed by atoms with Gasteiger partial charge in [-0.3, -0.25) is 0 Å². The summed E-state index contributed by atoms with van der Waals surface area (Å²) in [6.07, 6.45) is 2.23. The van der Waals surface area contributed by atoms with Crippen LogP contribution in [0.15, 0.2) is 30.0 Å². The summed E-state index contributed by atoms with van der Waals surface area (Å²) >= 11 is 0. The van der Waals surface area contributed by atoms with Gasteiger partial charge in [-0.2, -0.15) is 0 Å². The third-order valence-corrected chi connectivity index (χ3v) is 5.04. The first kappa shape index (κ1) is 15.7. The highest BCUT2D eigenvalue weighted by Gasteiger charge is 2.39. The summed E-state index contributed by atoms with van der Waals surface area (Å²) in [7, 11) is 4.23. The fraction of sp³-hybridized carbons (Fsp3) is 0.400. The van der Waals surface area contributed by atoms with Crippen LogP contribution in [0, 0.1) is 20.8 Å². The molecule has 1 aromatic heterocycles. The predicted octanol–water partition coefficient (Wildman–Crippen LogP) is 3.60. The van der Waals surface area contributed by atoms with Crippen LogP contribution in [-0.2, 0) is 12.5 Å². The van der Waals surface area contributed by atoms with Gasteiger partial charge in [-0.05, 0) is 30.5 Å². The van der Waals surface area contributed by atoms with Crippen molar-refractivity contribution in [3.8, 4) is 0 Å². The quantitative estimate of drug-likeness (QED) is 0.750. The molecule has 0 saturated heterocycles. The van der Waals surface area contributed by atoms with Gasteiger partial charge in [0.1, 0.15) is 5.69 Å². The SMILES string of the molecule is Cc1ccc2c(c1)C(C)(C)C(=Cc1nc(C)cc(C)[n+]1C)N2C. The monoisotopic (exact) mass is 308 g/mol. The molecule has 3 heteroatoms. The molecule has 2 aromatic rings. The Balaban J connectivity index is 2.18. The number of likely N-dealkylation sites (N-methyl/N-ethyl adjacent to an activating group) is 1. The van der Waals surface area contributed by atoms with Crippen LogP contribution in [0.1, 0.15) is 42.2 Å². The first-order valence-electron chi connectivity index (χ1n) is 8.13. The molecule has 1 aliphatic rings. The summed E-state index contributed by atoms with van der Waals surface area (Å²) in [6, 6.07) is 8.83. The van der Waals surface area contributed by atoms with Gasteiger partial charge in [-0.1, -0.05) is 31.5 Å². The van der Waals surface area contributed by atoms with Crippen molar-refractivity contribution < 1.29 is 4.57 Å². The summed E-state index contributed by atoms with van der Waals surface area (Å²) in [6.45, 7) is 10.9. The van der Waals surface area contributed by atoms with E-state index >= 15 is 0 Å². The number of aromatic nitrogens is 2. The molecule has 0 spiro atoms.